The van der Waals surface area contributed by atoms with Crippen molar-refractivity contribution in [3.63, 3.8) is 0 Å². The minimum absolute atomic E-state index is 0.0794. The SMILES string of the molecule is C=C1CCC(N2Cc3cc(O[C@H]4CCCC[C@H]4NCc4ccccc4)ccc3C2=O)C(=O)N1. The molecule has 1 saturated heterocycles. The van der Waals surface area contributed by atoms with Crippen molar-refractivity contribution in [2.24, 2.45) is 0 Å². The van der Waals surface area contributed by atoms with Crippen molar-refractivity contribution in [3.8, 4) is 5.75 Å². The molecule has 2 aliphatic heterocycles. The molecule has 2 aromatic rings. The van der Waals surface area contributed by atoms with Gasteiger partial charge >= 0.3 is 0 Å². The maximum absolute atomic E-state index is 13.0. The van der Waals surface area contributed by atoms with Gasteiger partial charge in [0.25, 0.3) is 5.91 Å². The Balaban J connectivity index is 1.25. The number of benzene rings is 2. The first kappa shape index (κ1) is 21.7. The van der Waals surface area contributed by atoms with Crippen LogP contribution >= 0.6 is 0 Å². The fourth-order valence-electron chi connectivity index (χ4n) is 5.20. The van der Waals surface area contributed by atoms with Gasteiger partial charge in [0.1, 0.15) is 17.9 Å². The first-order valence-electron chi connectivity index (χ1n) is 11.9. The smallest absolute Gasteiger partial charge is 0.255 e. The van der Waals surface area contributed by atoms with Crippen LogP contribution in [-0.2, 0) is 17.9 Å². The third kappa shape index (κ3) is 4.67. The number of nitrogens with one attached hydrogen (secondary N) is 2. The number of nitrogens with zero attached hydrogens (tertiary/aromatic N) is 1. The van der Waals surface area contributed by atoms with Crippen molar-refractivity contribution in [3.05, 3.63) is 77.5 Å². The zero-order valence-electron chi connectivity index (χ0n) is 18.9. The number of rotatable bonds is 6. The van der Waals surface area contributed by atoms with Crippen LogP contribution in [0.5, 0.6) is 5.75 Å². The molecular weight excluding hydrogens is 414 g/mol. The fourth-order valence-corrected chi connectivity index (χ4v) is 5.20. The predicted octanol–water partition coefficient (Wildman–Crippen LogP) is 3.91. The Bertz CT molecular complexity index is 1050. The largest absolute Gasteiger partial charge is 0.489 e. The van der Waals surface area contributed by atoms with Crippen molar-refractivity contribution in [2.75, 3.05) is 0 Å². The molecule has 2 fully saturated rings. The molecule has 2 N–H and O–H groups in total. The van der Waals surface area contributed by atoms with E-state index in [1.54, 1.807) is 4.90 Å². The van der Waals surface area contributed by atoms with E-state index in [9.17, 15) is 9.59 Å². The predicted molar refractivity (Wildman–Crippen MR) is 127 cm³/mol. The Labute approximate surface area is 195 Å². The molecule has 172 valence electrons. The Morgan fingerprint density at radius 3 is 2.70 bits per heavy atom. The molecule has 6 nitrogen and oxygen atoms in total. The van der Waals surface area contributed by atoms with Gasteiger partial charge in [0.15, 0.2) is 0 Å². The minimum atomic E-state index is -0.440. The minimum Gasteiger partial charge on any atom is -0.489 e. The number of allylic oxidation sites excluding steroid dienone is 1. The topological polar surface area (TPSA) is 70.7 Å². The summed E-state index contributed by atoms with van der Waals surface area (Å²) < 4.78 is 6.45. The molecule has 3 aliphatic rings. The van der Waals surface area contributed by atoms with Gasteiger partial charge in [-0.25, -0.2) is 0 Å². The standard InChI is InChI=1S/C27H31N3O3/c1-18-11-14-24(26(31)29-18)30-17-20-15-21(12-13-22(20)27(30)32)33-25-10-6-5-9-23(25)28-16-19-7-3-2-4-8-19/h2-4,7-8,12-13,15,23-25,28H,1,5-6,9-11,14,16-17H2,(H,29,31)/t23-,24?,25+/m1/s1. The molecule has 6 heteroatoms. The van der Waals surface area contributed by atoms with Gasteiger partial charge in [-0.05, 0) is 61.4 Å². The Hall–Kier alpha value is -3.12. The zero-order chi connectivity index (χ0) is 22.8. The normalized spacial score (nSPS) is 25.0. The average molecular weight is 446 g/mol. The molecule has 3 atom stereocenters. The van der Waals surface area contributed by atoms with Crippen molar-refractivity contribution in [2.45, 2.75) is 69.8 Å². The molecule has 0 spiro atoms. The number of amides is 2. The van der Waals surface area contributed by atoms with Crippen LogP contribution in [0, 0.1) is 0 Å². The summed E-state index contributed by atoms with van der Waals surface area (Å²) in [7, 11) is 0. The summed E-state index contributed by atoms with van der Waals surface area (Å²) in [6.07, 6.45) is 5.89. The zero-order valence-corrected chi connectivity index (χ0v) is 18.9. The summed E-state index contributed by atoms with van der Waals surface area (Å²) in [6.45, 7) is 5.10. The lowest BCUT2D eigenvalue weighted by molar-refractivity contribution is -0.126. The van der Waals surface area contributed by atoms with Crippen LogP contribution in [0.2, 0.25) is 0 Å². The fraction of sp³-hybridized carbons (Fsp3) is 0.407. The van der Waals surface area contributed by atoms with E-state index in [2.05, 4.69) is 41.5 Å². The number of hydrogen-bond acceptors (Lipinski definition) is 4. The third-order valence-corrected chi connectivity index (χ3v) is 7.01. The second-order valence-corrected chi connectivity index (χ2v) is 9.31. The molecule has 0 aromatic heterocycles. The van der Waals surface area contributed by atoms with E-state index in [1.807, 2.05) is 24.3 Å². The third-order valence-electron chi connectivity index (χ3n) is 7.01. The van der Waals surface area contributed by atoms with E-state index >= 15 is 0 Å². The second-order valence-electron chi connectivity index (χ2n) is 9.31. The van der Waals surface area contributed by atoms with Gasteiger partial charge in [-0.15, -0.1) is 0 Å². The van der Waals surface area contributed by atoms with Crippen LogP contribution in [-0.4, -0.2) is 34.9 Å². The monoisotopic (exact) mass is 445 g/mol. The van der Waals surface area contributed by atoms with Crippen LogP contribution in [0.1, 0.15) is 60.0 Å². The van der Waals surface area contributed by atoms with Crippen LogP contribution in [0.3, 0.4) is 0 Å². The summed E-state index contributed by atoms with van der Waals surface area (Å²) in [4.78, 5) is 27.1. The molecule has 1 aliphatic carbocycles. The Kier molecular flexibility index (Phi) is 6.18. The highest BCUT2D eigenvalue weighted by Gasteiger charge is 2.38. The second kappa shape index (κ2) is 9.40. The Morgan fingerprint density at radius 1 is 1.06 bits per heavy atom. The van der Waals surface area contributed by atoms with E-state index in [0.717, 1.165) is 42.8 Å². The summed E-state index contributed by atoms with van der Waals surface area (Å²) >= 11 is 0. The number of carbonyl (C=O) groups excluding carboxylic acids is 2. The molecule has 2 heterocycles. The van der Waals surface area contributed by atoms with Gasteiger partial charge in [-0.2, -0.15) is 0 Å². The molecule has 5 rings (SSSR count). The molecule has 2 aromatic carbocycles. The van der Waals surface area contributed by atoms with Gasteiger partial charge in [-0.3, -0.25) is 9.59 Å². The number of hydrogen-bond donors (Lipinski definition) is 2. The van der Waals surface area contributed by atoms with Crippen molar-refractivity contribution < 1.29 is 14.3 Å². The van der Waals surface area contributed by atoms with E-state index in [0.29, 0.717) is 31.0 Å². The lowest BCUT2D eigenvalue weighted by Crippen LogP contribution is -2.49. The van der Waals surface area contributed by atoms with Gasteiger partial charge in [0, 0.05) is 30.4 Å². The van der Waals surface area contributed by atoms with Gasteiger partial charge < -0.3 is 20.3 Å². The molecule has 33 heavy (non-hydrogen) atoms. The van der Waals surface area contributed by atoms with Gasteiger partial charge in [-0.1, -0.05) is 43.3 Å². The molecular formula is C27H31N3O3. The van der Waals surface area contributed by atoms with E-state index in [-0.39, 0.29) is 17.9 Å². The maximum Gasteiger partial charge on any atom is 0.255 e. The summed E-state index contributed by atoms with van der Waals surface area (Å²) in [6, 6.07) is 16.0. The number of fused-ring (bicyclic) bond motifs is 1. The van der Waals surface area contributed by atoms with Crippen molar-refractivity contribution in [1.29, 1.82) is 0 Å². The van der Waals surface area contributed by atoms with E-state index in [1.165, 1.54) is 12.0 Å². The van der Waals surface area contributed by atoms with Crippen LogP contribution in [0.4, 0.5) is 0 Å². The molecule has 0 radical (unpaired) electrons. The summed E-state index contributed by atoms with van der Waals surface area (Å²) in [5.41, 5.74) is 3.59. The Morgan fingerprint density at radius 2 is 1.88 bits per heavy atom. The summed E-state index contributed by atoms with van der Waals surface area (Å²) in [5, 5.41) is 6.48. The van der Waals surface area contributed by atoms with E-state index < -0.39 is 6.04 Å². The summed E-state index contributed by atoms with van der Waals surface area (Å²) in [5.74, 6) is 0.575. The van der Waals surface area contributed by atoms with Gasteiger partial charge in [0.05, 0.1) is 0 Å². The van der Waals surface area contributed by atoms with Gasteiger partial charge in [0.2, 0.25) is 5.91 Å². The molecule has 2 amide bonds. The number of piperidine rings is 1. The highest BCUT2D eigenvalue weighted by molar-refractivity contribution is 6.01. The van der Waals surface area contributed by atoms with Crippen LogP contribution in [0.25, 0.3) is 0 Å². The highest BCUT2D eigenvalue weighted by Crippen LogP contribution is 2.32. The maximum atomic E-state index is 13.0. The van der Waals surface area contributed by atoms with Crippen molar-refractivity contribution >= 4 is 11.8 Å². The number of ether oxygens (including phenoxy) is 1. The molecule has 1 saturated carbocycles. The van der Waals surface area contributed by atoms with Crippen LogP contribution in [0.15, 0.2) is 60.8 Å². The lowest BCUT2D eigenvalue weighted by atomic mass is 9.92. The average Bonchev–Trinajstić information content (AvgIpc) is 3.14. The quantitative estimate of drug-likeness (QED) is 0.707. The molecule has 1 unspecified atom stereocenters. The van der Waals surface area contributed by atoms with Crippen molar-refractivity contribution in [1.82, 2.24) is 15.5 Å². The first-order valence-corrected chi connectivity index (χ1v) is 11.9. The molecule has 0 bridgehead atoms. The first-order chi connectivity index (χ1) is 16.1. The van der Waals surface area contributed by atoms with E-state index in [4.69, 9.17) is 4.74 Å². The highest BCUT2D eigenvalue weighted by atomic mass is 16.5. The lowest BCUT2D eigenvalue weighted by Gasteiger charge is -2.33. The number of carbonyl (C=O) groups is 2. The van der Waals surface area contributed by atoms with Crippen LogP contribution < -0.4 is 15.4 Å².